The molecule has 10 aromatic rings. The van der Waals surface area contributed by atoms with Gasteiger partial charge in [-0.15, -0.1) is 0 Å². The Kier molecular flexibility index (Phi) is 5.51. The third-order valence-electron chi connectivity index (χ3n) is 11.4. The van der Waals surface area contributed by atoms with E-state index in [0.717, 1.165) is 11.2 Å². The van der Waals surface area contributed by atoms with Crippen LogP contribution in [0.2, 0.25) is 0 Å². The Morgan fingerprint density at radius 2 is 0.940 bits per heavy atom. The molecule has 0 aliphatic heterocycles. The van der Waals surface area contributed by atoms with E-state index >= 15 is 0 Å². The first kappa shape index (κ1) is 27.7. The molecule has 9 aromatic carbocycles. The molecule has 0 atom stereocenters. The number of benzene rings is 9. The SMILES string of the molecule is CC1(C)c2cc(-c3c4ccccc4c(-c4ccc5ccccc5c4)c4ccccc34)ccc2-c2c1c1ccccc1c1c2oc2ccccc21. The van der Waals surface area contributed by atoms with Gasteiger partial charge in [-0.05, 0) is 100 Å². The van der Waals surface area contributed by atoms with Gasteiger partial charge < -0.3 is 4.42 Å². The second-order valence-electron chi connectivity index (χ2n) is 14.4. The first-order valence-electron chi connectivity index (χ1n) is 17.5. The Bertz CT molecular complexity index is 3010. The topological polar surface area (TPSA) is 13.1 Å². The molecule has 1 nitrogen and oxygen atoms in total. The fourth-order valence-electron chi connectivity index (χ4n) is 9.23. The van der Waals surface area contributed by atoms with Crippen LogP contribution in [0.3, 0.4) is 0 Å². The number of fused-ring (bicyclic) bond motifs is 13. The number of furan rings is 1. The Hall–Kier alpha value is -6.18. The van der Waals surface area contributed by atoms with E-state index in [1.807, 2.05) is 0 Å². The lowest BCUT2D eigenvalue weighted by atomic mass is 9.78. The lowest BCUT2D eigenvalue weighted by Gasteiger charge is -2.24. The summed E-state index contributed by atoms with van der Waals surface area (Å²) in [6, 6.07) is 58.0. The largest absolute Gasteiger partial charge is 0.455 e. The van der Waals surface area contributed by atoms with Crippen LogP contribution >= 0.6 is 0 Å². The molecule has 1 heterocycles. The van der Waals surface area contributed by atoms with Crippen molar-refractivity contribution in [3.8, 4) is 33.4 Å². The van der Waals surface area contributed by atoms with E-state index < -0.39 is 0 Å². The van der Waals surface area contributed by atoms with E-state index in [9.17, 15) is 0 Å². The van der Waals surface area contributed by atoms with E-state index in [4.69, 9.17) is 4.42 Å². The molecular weight excluding hydrogens is 605 g/mol. The van der Waals surface area contributed by atoms with Gasteiger partial charge in [0, 0.05) is 21.8 Å². The van der Waals surface area contributed by atoms with E-state index in [0.29, 0.717) is 0 Å². The summed E-state index contributed by atoms with van der Waals surface area (Å²) < 4.78 is 6.77. The zero-order valence-corrected chi connectivity index (χ0v) is 27.9. The molecule has 0 unspecified atom stereocenters. The van der Waals surface area contributed by atoms with Crippen molar-refractivity contribution in [3.05, 3.63) is 169 Å². The quantitative estimate of drug-likeness (QED) is 0.172. The molecular formula is C49H32O. The van der Waals surface area contributed by atoms with Crippen molar-refractivity contribution in [2.24, 2.45) is 0 Å². The molecule has 0 fully saturated rings. The zero-order chi connectivity index (χ0) is 33.1. The second kappa shape index (κ2) is 9.94. The minimum absolute atomic E-state index is 0.232. The Morgan fingerprint density at radius 1 is 0.420 bits per heavy atom. The summed E-state index contributed by atoms with van der Waals surface area (Å²) in [7, 11) is 0. The summed E-state index contributed by atoms with van der Waals surface area (Å²) >= 11 is 0. The fourth-order valence-corrected chi connectivity index (χ4v) is 9.23. The molecule has 1 aliphatic rings. The zero-order valence-electron chi connectivity index (χ0n) is 27.9. The average molecular weight is 637 g/mol. The number of hydrogen-bond acceptors (Lipinski definition) is 1. The maximum absolute atomic E-state index is 6.77. The van der Waals surface area contributed by atoms with Gasteiger partial charge in [0.15, 0.2) is 0 Å². The maximum atomic E-state index is 6.77. The molecule has 50 heavy (non-hydrogen) atoms. The van der Waals surface area contributed by atoms with Gasteiger partial charge in [-0.2, -0.15) is 0 Å². The molecule has 0 saturated heterocycles. The van der Waals surface area contributed by atoms with Crippen molar-refractivity contribution >= 4 is 65.0 Å². The van der Waals surface area contributed by atoms with Crippen LogP contribution in [0.5, 0.6) is 0 Å². The molecule has 1 aromatic heterocycles. The Morgan fingerprint density at radius 3 is 1.62 bits per heavy atom. The molecule has 0 saturated carbocycles. The van der Waals surface area contributed by atoms with Crippen LogP contribution in [-0.4, -0.2) is 0 Å². The summed E-state index contributed by atoms with van der Waals surface area (Å²) in [6.07, 6.45) is 0. The normalized spacial score (nSPS) is 13.6. The van der Waals surface area contributed by atoms with Crippen molar-refractivity contribution in [2.45, 2.75) is 19.3 Å². The van der Waals surface area contributed by atoms with E-state index in [1.165, 1.54) is 98.4 Å². The predicted octanol–water partition coefficient (Wildman–Crippen LogP) is 13.8. The molecule has 0 spiro atoms. The van der Waals surface area contributed by atoms with Crippen LogP contribution in [0, 0.1) is 0 Å². The lowest BCUT2D eigenvalue weighted by Crippen LogP contribution is -2.15. The highest BCUT2D eigenvalue weighted by molar-refractivity contribution is 6.26. The van der Waals surface area contributed by atoms with Crippen LogP contribution in [0.25, 0.3) is 98.4 Å². The molecule has 0 amide bonds. The van der Waals surface area contributed by atoms with Gasteiger partial charge in [0.25, 0.3) is 0 Å². The van der Waals surface area contributed by atoms with Crippen LogP contribution in [0.15, 0.2) is 162 Å². The highest BCUT2D eigenvalue weighted by Gasteiger charge is 2.40. The van der Waals surface area contributed by atoms with Gasteiger partial charge in [0.05, 0.1) is 0 Å². The summed E-state index contributed by atoms with van der Waals surface area (Å²) in [5.74, 6) is 0. The smallest absolute Gasteiger partial charge is 0.144 e. The summed E-state index contributed by atoms with van der Waals surface area (Å²) in [4.78, 5) is 0. The minimum Gasteiger partial charge on any atom is -0.455 e. The maximum Gasteiger partial charge on any atom is 0.144 e. The van der Waals surface area contributed by atoms with Gasteiger partial charge in [0.2, 0.25) is 0 Å². The highest BCUT2D eigenvalue weighted by atomic mass is 16.3. The standard InChI is InChI=1S/C49H32O/c1-49(2)41-28-32(25-26-39(41)46-47(49)38-20-10-9-19-37(38)45-40-21-11-12-22-42(40)50-48(45)46)44-35-17-7-5-15-33(35)43(34-16-6-8-18-36(34)44)31-24-23-29-13-3-4-14-30(29)27-31/h3-28H,1-2H3. The minimum atomic E-state index is -0.232. The van der Waals surface area contributed by atoms with Crippen molar-refractivity contribution in [1.82, 2.24) is 0 Å². The number of para-hydroxylation sites is 1. The molecule has 234 valence electrons. The second-order valence-corrected chi connectivity index (χ2v) is 14.4. The monoisotopic (exact) mass is 636 g/mol. The van der Waals surface area contributed by atoms with E-state index in [2.05, 4.69) is 172 Å². The van der Waals surface area contributed by atoms with Gasteiger partial charge >= 0.3 is 0 Å². The van der Waals surface area contributed by atoms with Gasteiger partial charge in [-0.25, -0.2) is 0 Å². The lowest BCUT2D eigenvalue weighted by molar-refractivity contribution is 0.658. The molecule has 0 radical (unpaired) electrons. The Balaban J connectivity index is 1.20. The highest BCUT2D eigenvalue weighted by Crippen LogP contribution is 2.57. The predicted molar refractivity (Wildman–Crippen MR) is 212 cm³/mol. The van der Waals surface area contributed by atoms with Crippen molar-refractivity contribution < 1.29 is 4.42 Å². The first-order valence-corrected chi connectivity index (χ1v) is 17.5. The van der Waals surface area contributed by atoms with Gasteiger partial charge in [-0.1, -0.05) is 153 Å². The number of hydrogen-bond donors (Lipinski definition) is 0. The molecule has 1 aliphatic carbocycles. The molecule has 0 bridgehead atoms. The third-order valence-corrected chi connectivity index (χ3v) is 11.4. The molecule has 11 rings (SSSR count). The van der Waals surface area contributed by atoms with Crippen LogP contribution in [0.4, 0.5) is 0 Å². The van der Waals surface area contributed by atoms with E-state index in [-0.39, 0.29) is 5.41 Å². The van der Waals surface area contributed by atoms with Crippen molar-refractivity contribution in [2.75, 3.05) is 0 Å². The summed E-state index contributed by atoms with van der Waals surface area (Å²) in [6.45, 7) is 4.78. The molecule has 1 heteroatoms. The van der Waals surface area contributed by atoms with Gasteiger partial charge in [0.1, 0.15) is 11.2 Å². The van der Waals surface area contributed by atoms with Gasteiger partial charge in [-0.3, -0.25) is 0 Å². The molecule has 0 N–H and O–H groups in total. The van der Waals surface area contributed by atoms with Crippen molar-refractivity contribution in [1.29, 1.82) is 0 Å². The van der Waals surface area contributed by atoms with Crippen LogP contribution < -0.4 is 0 Å². The first-order chi connectivity index (χ1) is 24.6. The average Bonchev–Trinajstić information content (AvgIpc) is 3.66. The third kappa shape index (κ3) is 3.62. The number of rotatable bonds is 2. The van der Waals surface area contributed by atoms with E-state index in [1.54, 1.807) is 0 Å². The summed E-state index contributed by atoms with van der Waals surface area (Å²) in [5.41, 5.74) is 12.0. The van der Waals surface area contributed by atoms with Crippen LogP contribution in [0.1, 0.15) is 25.0 Å². The van der Waals surface area contributed by atoms with Crippen molar-refractivity contribution in [3.63, 3.8) is 0 Å². The van der Waals surface area contributed by atoms with Crippen LogP contribution in [-0.2, 0) is 5.41 Å². The fraction of sp³-hybridized carbons (Fsp3) is 0.0612. The Labute approximate surface area is 290 Å². The summed E-state index contributed by atoms with van der Waals surface area (Å²) in [5, 5.41) is 12.6.